The monoisotopic (exact) mass is 464 g/mol. The van der Waals surface area contributed by atoms with E-state index in [-0.39, 0.29) is 11.3 Å². The van der Waals surface area contributed by atoms with Crippen LogP contribution >= 0.6 is 11.6 Å². The van der Waals surface area contributed by atoms with Crippen molar-refractivity contribution in [2.75, 3.05) is 19.1 Å². The van der Waals surface area contributed by atoms with Crippen molar-refractivity contribution in [3.05, 3.63) is 88.2 Å². The lowest BCUT2D eigenvalue weighted by atomic mass is 9.95. The fraction of sp³-hybridized carbons (Fsp3) is 0.160. The number of Topliss-reactive ketones (excluding diaryl/α,β-unsaturated/α-hetero) is 1. The summed E-state index contributed by atoms with van der Waals surface area (Å²) in [6.07, 6.45) is 3.15. The van der Waals surface area contributed by atoms with Crippen LogP contribution in [0.25, 0.3) is 5.76 Å². The van der Waals surface area contributed by atoms with E-state index < -0.39 is 17.7 Å². The summed E-state index contributed by atoms with van der Waals surface area (Å²) in [7, 11) is 2.97. The van der Waals surface area contributed by atoms with Gasteiger partial charge in [0.1, 0.15) is 5.76 Å². The maximum Gasteiger partial charge on any atom is 0.300 e. The lowest BCUT2D eigenvalue weighted by Gasteiger charge is -2.26. The van der Waals surface area contributed by atoms with Crippen LogP contribution in [0, 0.1) is 6.92 Å². The quantitative estimate of drug-likeness (QED) is 0.335. The number of hydrogen-bond acceptors (Lipinski definition) is 6. The molecule has 1 saturated heterocycles. The van der Waals surface area contributed by atoms with E-state index in [1.165, 1.54) is 19.1 Å². The van der Waals surface area contributed by atoms with Gasteiger partial charge in [-0.15, -0.1) is 0 Å². The van der Waals surface area contributed by atoms with E-state index in [1.807, 2.05) is 0 Å². The van der Waals surface area contributed by atoms with Crippen LogP contribution in [0.4, 0.5) is 5.69 Å². The second kappa shape index (κ2) is 8.96. The molecule has 0 bridgehead atoms. The number of rotatable bonds is 5. The Kier molecular flexibility index (Phi) is 6.07. The zero-order valence-corrected chi connectivity index (χ0v) is 19.0. The summed E-state index contributed by atoms with van der Waals surface area (Å²) in [6.45, 7) is 1.77. The Balaban J connectivity index is 1.96. The van der Waals surface area contributed by atoms with Crippen molar-refractivity contribution in [2.45, 2.75) is 13.0 Å². The average Bonchev–Trinajstić information content (AvgIpc) is 3.10. The number of aromatic nitrogens is 1. The Morgan fingerprint density at radius 2 is 1.82 bits per heavy atom. The summed E-state index contributed by atoms with van der Waals surface area (Å²) in [5.74, 6) is -1.07. The number of hydrogen-bond donors (Lipinski definition) is 1. The normalized spacial score (nSPS) is 17.3. The fourth-order valence-electron chi connectivity index (χ4n) is 3.93. The molecule has 1 fully saturated rings. The maximum atomic E-state index is 13.2. The number of aliphatic hydroxyl groups excluding tert-OH is 1. The number of halogens is 1. The first-order valence-corrected chi connectivity index (χ1v) is 10.4. The van der Waals surface area contributed by atoms with Gasteiger partial charge in [0.2, 0.25) is 0 Å². The molecule has 8 heteroatoms. The van der Waals surface area contributed by atoms with Gasteiger partial charge < -0.3 is 14.6 Å². The first-order chi connectivity index (χ1) is 15.9. The third-order valence-electron chi connectivity index (χ3n) is 5.60. The molecule has 1 unspecified atom stereocenters. The van der Waals surface area contributed by atoms with E-state index in [1.54, 1.807) is 67.8 Å². The molecule has 1 amide bonds. The number of benzene rings is 2. The van der Waals surface area contributed by atoms with Gasteiger partial charge in [0.05, 0.1) is 25.8 Å². The Hall–Kier alpha value is -3.84. The molecule has 4 rings (SSSR count). The second-order valence-electron chi connectivity index (χ2n) is 7.41. The van der Waals surface area contributed by atoms with E-state index in [0.717, 1.165) is 0 Å². The van der Waals surface area contributed by atoms with E-state index in [0.29, 0.717) is 38.9 Å². The lowest BCUT2D eigenvalue weighted by molar-refractivity contribution is -0.132. The van der Waals surface area contributed by atoms with Gasteiger partial charge in [0.15, 0.2) is 11.5 Å². The van der Waals surface area contributed by atoms with Crippen LogP contribution in [-0.4, -0.2) is 36.0 Å². The minimum absolute atomic E-state index is 0.0559. The molecule has 0 aliphatic carbocycles. The van der Waals surface area contributed by atoms with Gasteiger partial charge in [-0.1, -0.05) is 23.7 Å². The molecule has 0 saturated carbocycles. The highest BCUT2D eigenvalue weighted by Gasteiger charge is 2.47. The van der Waals surface area contributed by atoms with Crippen molar-refractivity contribution in [2.24, 2.45) is 0 Å². The van der Waals surface area contributed by atoms with Crippen LogP contribution < -0.4 is 14.4 Å². The molecule has 1 N–H and O–H groups in total. The molecule has 168 valence electrons. The van der Waals surface area contributed by atoms with Gasteiger partial charge in [-0.05, 0) is 54.4 Å². The Morgan fingerprint density at radius 1 is 1.06 bits per heavy atom. The number of anilines is 1. The molecule has 1 aliphatic rings. The zero-order chi connectivity index (χ0) is 23.7. The van der Waals surface area contributed by atoms with Gasteiger partial charge in [0.25, 0.3) is 11.7 Å². The first kappa shape index (κ1) is 22.4. The van der Waals surface area contributed by atoms with Crippen LogP contribution in [0.15, 0.2) is 66.5 Å². The summed E-state index contributed by atoms with van der Waals surface area (Å²) < 4.78 is 10.6. The highest BCUT2D eigenvalue weighted by atomic mass is 35.5. The highest BCUT2D eigenvalue weighted by Crippen LogP contribution is 2.44. The number of carbonyl (C=O) groups is 2. The molecule has 1 aliphatic heterocycles. The molecule has 0 spiro atoms. The van der Waals surface area contributed by atoms with Crippen molar-refractivity contribution in [3.63, 3.8) is 0 Å². The van der Waals surface area contributed by atoms with Crippen molar-refractivity contribution in [3.8, 4) is 11.5 Å². The largest absolute Gasteiger partial charge is 0.507 e. The van der Waals surface area contributed by atoms with Crippen molar-refractivity contribution in [1.82, 2.24) is 4.98 Å². The van der Waals surface area contributed by atoms with Crippen LogP contribution in [0.1, 0.15) is 22.7 Å². The fourth-order valence-corrected chi connectivity index (χ4v) is 4.10. The summed E-state index contributed by atoms with van der Waals surface area (Å²) >= 11 is 6.30. The summed E-state index contributed by atoms with van der Waals surface area (Å²) in [5, 5.41) is 11.7. The van der Waals surface area contributed by atoms with Crippen molar-refractivity contribution in [1.29, 1.82) is 0 Å². The third kappa shape index (κ3) is 3.81. The van der Waals surface area contributed by atoms with Crippen LogP contribution in [0.3, 0.4) is 0 Å². The van der Waals surface area contributed by atoms with Gasteiger partial charge in [-0.25, -0.2) is 0 Å². The van der Waals surface area contributed by atoms with Gasteiger partial charge >= 0.3 is 0 Å². The molecule has 1 aromatic heterocycles. The average molecular weight is 465 g/mol. The number of aliphatic hydroxyl groups is 1. The van der Waals surface area contributed by atoms with E-state index in [9.17, 15) is 14.7 Å². The molecule has 33 heavy (non-hydrogen) atoms. The molecule has 7 nitrogen and oxygen atoms in total. The van der Waals surface area contributed by atoms with Gasteiger partial charge in [-0.3, -0.25) is 19.5 Å². The van der Waals surface area contributed by atoms with E-state index >= 15 is 0 Å². The number of ketones is 1. The summed E-state index contributed by atoms with van der Waals surface area (Å²) in [4.78, 5) is 32.0. The number of ether oxygens (including phenoxy) is 2. The highest BCUT2D eigenvalue weighted by molar-refractivity contribution is 6.52. The maximum absolute atomic E-state index is 13.2. The number of nitrogens with zero attached hydrogens (tertiary/aromatic N) is 2. The number of methoxy groups -OCH3 is 2. The molecular weight excluding hydrogens is 444 g/mol. The standard InChI is InChI=1S/C25H21ClN2O5/c1-14-17(26)7-4-8-18(14)28-22(16-6-5-11-27-13-16)21(24(30)25(28)31)23(29)15-9-10-19(32-2)20(12-15)33-3/h4-13,22,29H,1-3H3/b23-21+. The zero-order valence-electron chi connectivity index (χ0n) is 18.2. The minimum atomic E-state index is -0.899. The number of pyridine rings is 1. The van der Waals surface area contributed by atoms with Gasteiger partial charge in [-0.2, -0.15) is 0 Å². The molecular formula is C25H21ClN2O5. The molecule has 3 aromatic rings. The first-order valence-electron chi connectivity index (χ1n) is 10.1. The van der Waals surface area contributed by atoms with Crippen LogP contribution in [0.2, 0.25) is 5.02 Å². The van der Waals surface area contributed by atoms with E-state index in [4.69, 9.17) is 21.1 Å². The molecule has 1 atom stereocenters. The Morgan fingerprint density at radius 3 is 2.48 bits per heavy atom. The molecule has 0 radical (unpaired) electrons. The van der Waals surface area contributed by atoms with Crippen LogP contribution in [-0.2, 0) is 9.59 Å². The smallest absolute Gasteiger partial charge is 0.300 e. The van der Waals surface area contributed by atoms with Crippen LogP contribution in [0.5, 0.6) is 11.5 Å². The second-order valence-corrected chi connectivity index (χ2v) is 7.82. The lowest BCUT2D eigenvalue weighted by Crippen LogP contribution is -2.30. The third-order valence-corrected chi connectivity index (χ3v) is 6.01. The van der Waals surface area contributed by atoms with Crippen molar-refractivity contribution < 1.29 is 24.2 Å². The van der Waals surface area contributed by atoms with Crippen molar-refractivity contribution >= 4 is 34.7 Å². The minimum Gasteiger partial charge on any atom is -0.507 e. The van der Waals surface area contributed by atoms with Gasteiger partial charge in [0, 0.05) is 28.7 Å². The predicted molar refractivity (Wildman–Crippen MR) is 125 cm³/mol. The summed E-state index contributed by atoms with van der Waals surface area (Å²) in [5.41, 5.74) is 1.94. The Bertz CT molecular complexity index is 1270. The molecule has 2 aromatic carbocycles. The number of amides is 1. The summed E-state index contributed by atoms with van der Waals surface area (Å²) in [6, 6.07) is 12.4. The topological polar surface area (TPSA) is 89.0 Å². The Labute approximate surface area is 195 Å². The predicted octanol–water partition coefficient (Wildman–Crippen LogP) is 4.69. The number of carbonyl (C=O) groups excluding carboxylic acids is 2. The molecule has 2 heterocycles. The van der Waals surface area contributed by atoms with E-state index in [2.05, 4.69) is 4.98 Å². The SMILES string of the molecule is COc1ccc(/C(O)=C2\C(=O)C(=O)N(c3cccc(Cl)c3C)C2c2cccnc2)cc1OC.